The Kier molecular flexibility index (Phi) is 5.94. The van der Waals surface area contributed by atoms with Gasteiger partial charge < -0.3 is 20.2 Å². The fourth-order valence-corrected chi connectivity index (χ4v) is 4.60. The number of nitrogens with two attached hydrogens (primary N) is 1. The number of halogens is 1. The molecule has 4 rings (SSSR count). The van der Waals surface area contributed by atoms with Gasteiger partial charge in [-0.15, -0.1) is 0 Å². The van der Waals surface area contributed by atoms with Gasteiger partial charge in [-0.05, 0) is 39.7 Å². The summed E-state index contributed by atoms with van der Waals surface area (Å²) in [6.07, 6.45) is 1.78. The molecule has 33 heavy (non-hydrogen) atoms. The maximum absolute atomic E-state index is 13.1. The van der Waals surface area contributed by atoms with Gasteiger partial charge in [-0.3, -0.25) is 4.90 Å². The molecular formula is C24H19BrN4O4. The number of nitriles is 1. The van der Waals surface area contributed by atoms with E-state index in [0.717, 1.165) is 10.9 Å². The topological polar surface area (TPSA) is 121 Å². The number of carbonyl (C=O) groups excluding carboxylic acids is 2. The number of aromatic amines is 1. The van der Waals surface area contributed by atoms with E-state index < -0.39 is 17.9 Å². The lowest BCUT2D eigenvalue weighted by molar-refractivity contribution is -0.139. The number of allylic oxidation sites excluding steroid dienone is 1. The van der Waals surface area contributed by atoms with Crippen LogP contribution >= 0.6 is 15.9 Å². The van der Waals surface area contributed by atoms with Crippen LogP contribution < -0.4 is 10.6 Å². The number of rotatable bonds is 4. The number of hydrogen-bond donors (Lipinski definition) is 2. The Bertz CT molecular complexity index is 1370. The summed E-state index contributed by atoms with van der Waals surface area (Å²) in [7, 11) is 2.43. The number of ether oxygens (including phenoxy) is 2. The first kappa shape index (κ1) is 22.2. The van der Waals surface area contributed by atoms with Crippen LogP contribution in [0.25, 0.3) is 10.9 Å². The highest BCUT2D eigenvalue weighted by Crippen LogP contribution is 2.44. The van der Waals surface area contributed by atoms with Gasteiger partial charge in [0.05, 0.1) is 42.9 Å². The van der Waals surface area contributed by atoms with Crippen molar-refractivity contribution in [1.82, 2.24) is 4.98 Å². The summed E-state index contributed by atoms with van der Waals surface area (Å²) in [5.74, 6) is -2.45. The molecule has 2 heterocycles. The standard InChI is InChI=1S/C24H19BrN4O4/c1-32-23(30)19-18(13-6-4-3-5-7-13)16(12-26)22(27)29(21(19)24(31)33-2)15-10-14-8-9-28-20(14)17(25)11-15/h3-11,18,28H,27H2,1-2H3. The van der Waals surface area contributed by atoms with Gasteiger partial charge in [0.1, 0.15) is 11.5 Å². The summed E-state index contributed by atoms with van der Waals surface area (Å²) in [6, 6.07) is 16.4. The predicted molar refractivity (Wildman–Crippen MR) is 126 cm³/mol. The van der Waals surface area contributed by atoms with Crippen LogP contribution in [0.1, 0.15) is 11.5 Å². The van der Waals surface area contributed by atoms with Crippen molar-refractivity contribution in [3.63, 3.8) is 0 Å². The first-order valence-electron chi connectivity index (χ1n) is 9.85. The van der Waals surface area contributed by atoms with E-state index in [4.69, 9.17) is 15.2 Å². The molecule has 166 valence electrons. The van der Waals surface area contributed by atoms with Gasteiger partial charge >= 0.3 is 11.9 Å². The van der Waals surface area contributed by atoms with Crippen molar-refractivity contribution in [3.05, 3.63) is 87.4 Å². The van der Waals surface area contributed by atoms with E-state index >= 15 is 0 Å². The van der Waals surface area contributed by atoms with Crippen molar-refractivity contribution in [3.8, 4) is 6.07 Å². The van der Waals surface area contributed by atoms with Crippen molar-refractivity contribution >= 4 is 44.5 Å². The van der Waals surface area contributed by atoms with Crippen LogP contribution in [0.3, 0.4) is 0 Å². The molecule has 1 aliphatic heterocycles. The van der Waals surface area contributed by atoms with Gasteiger partial charge in [0.15, 0.2) is 0 Å². The van der Waals surface area contributed by atoms with Gasteiger partial charge in [0, 0.05) is 21.7 Å². The molecule has 1 aliphatic rings. The number of nitrogens with zero attached hydrogens (tertiary/aromatic N) is 2. The lowest BCUT2D eigenvalue weighted by atomic mass is 9.81. The molecule has 0 bridgehead atoms. The van der Waals surface area contributed by atoms with Crippen molar-refractivity contribution in [2.45, 2.75) is 5.92 Å². The second kappa shape index (κ2) is 8.84. The zero-order valence-electron chi connectivity index (χ0n) is 17.8. The van der Waals surface area contributed by atoms with Crippen LogP contribution in [0.5, 0.6) is 0 Å². The average molecular weight is 507 g/mol. The van der Waals surface area contributed by atoms with E-state index in [1.165, 1.54) is 19.1 Å². The van der Waals surface area contributed by atoms with E-state index in [1.54, 1.807) is 42.6 Å². The summed E-state index contributed by atoms with van der Waals surface area (Å²) in [4.78, 5) is 30.6. The second-order valence-corrected chi connectivity index (χ2v) is 8.06. The fourth-order valence-electron chi connectivity index (χ4n) is 4.02. The fraction of sp³-hybridized carbons (Fsp3) is 0.125. The maximum Gasteiger partial charge on any atom is 0.355 e. The molecular weight excluding hydrogens is 488 g/mol. The first-order valence-corrected chi connectivity index (χ1v) is 10.6. The van der Waals surface area contributed by atoms with Crippen molar-refractivity contribution in [2.75, 3.05) is 19.1 Å². The summed E-state index contributed by atoms with van der Waals surface area (Å²) in [5, 5.41) is 10.9. The summed E-state index contributed by atoms with van der Waals surface area (Å²) >= 11 is 3.52. The second-order valence-electron chi connectivity index (χ2n) is 7.20. The first-order chi connectivity index (χ1) is 15.9. The third kappa shape index (κ3) is 3.64. The number of aromatic nitrogens is 1. The SMILES string of the molecule is COC(=O)C1=C(C(=O)OC)N(c2cc(Br)c3[nH]ccc3c2)C(N)=C(C#N)C1c1ccccc1. The predicted octanol–water partition coefficient (Wildman–Crippen LogP) is 3.83. The molecule has 0 aliphatic carbocycles. The normalized spacial score (nSPS) is 16.1. The molecule has 3 N–H and O–H groups in total. The zero-order valence-corrected chi connectivity index (χ0v) is 19.3. The number of methoxy groups -OCH3 is 2. The molecule has 0 radical (unpaired) electrons. The molecule has 0 spiro atoms. The highest BCUT2D eigenvalue weighted by atomic mass is 79.9. The van der Waals surface area contributed by atoms with Crippen LogP contribution in [0.4, 0.5) is 5.69 Å². The highest BCUT2D eigenvalue weighted by molar-refractivity contribution is 9.10. The minimum Gasteiger partial charge on any atom is -0.466 e. The summed E-state index contributed by atoms with van der Waals surface area (Å²) in [6.45, 7) is 0. The summed E-state index contributed by atoms with van der Waals surface area (Å²) < 4.78 is 10.8. The van der Waals surface area contributed by atoms with E-state index in [-0.39, 0.29) is 22.7 Å². The molecule has 3 aromatic rings. The Hall–Kier alpha value is -4.03. The van der Waals surface area contributed by atoms with Crippen molar-refractivity contribution < 1.29 is 19.1 Å². The van der Waals surface area contributed by atoms with Crippen molar-refractivity contribution in [2.24, 2.45) is 5.73 Å². The highest BCUT2D eigenvalue weighted by Gasteiger charge is 2.43. The molecule has 0 fully saturated rings. The average Bonchev–Trinajstić information content (AvgIpc) is 3.32. The minimum atomic E-state index is -0.909. The van der Waals surface area contributed by atoms with Crippen LogP contribution in [-0.2, 0) is 19.1 Å². The molecule has 1 aromatic heterocycles. The quantitative estimate of drug-likeness (QED) is 0.515. The molecule has 2 aromatic carbocycles. The molecule has 9 heteroatoms. The molecule has 1 unspecified atom stereocenters. The van der Waals surface area contributed by atoms with Gasteiger partial charge in [0.2, 0.25) is 0 Å². The monoisotopic (exact) mass is 506 g/mol. The Morgan fingerprint density at radius 3 is 2.45 bits per heavy atom. The number of benzene rings is 2. The van der Waals surface area contributed by atoms with Crippen molar-refractivity contribution in [1.29, 1.82) is 5.26 Å². The van der Waals surface area contributed by atoms with E-state index in [0.29, 0.717) is 15.7 Å². The molecule has 8 nitrogen and oxygen atoms in total. The smallest absolute Gasteiger partial charge is 0.355 e. The van der Waals surface area contributed by atoms with Crippen LogP contribution in [-0.4, -0.2) is 31.1 Å². The van der Waals surface area contributed by atoms with Gasteiger partial charge in [-0.2, -0.15) is 5.26 Å². The number of anilines is 1. The molecule has 0 saturated carbocycles. The summed E-state index contributed by atoms with van der Waals surface area (Å²) in [5.41, 5.74) is 8.40. The Labute approximate surface area is 198 Å². The largest absolute Gasteiger partial charge is 0.466 e. The Morgan fingerprint density at radius 1 is 1.12 bits per heavy atom. The number of esters is 2. The lowest BCUT2D eigenvalue weighted by Gasteiger charge is -2.36. The number of hydrogen-bond acceptors (Lipinski definition) is 7. The van der Waals surface area contributed by atoms with Crippen LogP contribution in [0, 0.1) is 11.3 Å². The number of nitrogens with one attached hydrogen (secondary N) is 1. The van der Waals surface area contributed by atoms with Crippen LogP contribution in [0.2, 0.25) is 0 Å². The molecule has 1 atom stereocenters. The number of carbonyl (C=O) groups is 2. The van der Waals surface area contributed by atoms with Gasteiger partial charge in [0.25, 0.3) is 0 Å². The maximum atomic E-state index is 13.1. The Balaban J connectivity index is 2.08. The third-order valence-electron chi connectivity index (χ3n) is 5.46. The Morgan fingerprint density at radius 2 is 1.82 bits per heavy atom. The number of fused-ring (bicyclic) bond motifs is 1. The number of H-pyrrole nitrogens is 1. The third-order valence-corrected chi connectivity index (χ3v) is 6.09. The van der Waals surface area contributed by atoms with Crippen LogP contribution in [0.15, 0.2) is 81.9 Å². The minimum absolute atomic E-state index is 0.0150. The molecule has 0 saturated heterocycles. The van der Waals surface area contributed by atoms with Gasteiger partial charge in [-0.25, -0.2) is 9.59 Å². The van der Waals surface area contributed by atoms with E-state index in [2.05, 4.69) is 27.0 Å². The van der Waals surface area contributed by atoms with E-state index in [1.807, 2.05) is 12.1 Å². The van der Waals surface area contributed by atoms with Gasteiger partial charge in [-0.1, -0.05) is 30.3 Å². The van der Waals surface area contributed by atoms with E-state index in [9.17, 15) is 14.9 Å². The zero-order chi connectivity index (χ0) is 23.7. The molecule has 0 amide bonds. The lowest BCUT2D eigenvalue weighted by Crippen LogP contribution is -2.40.